The Morgan fingerprint density at radius 1 is 1.32 bits per heavy atom. The third-order valence-corrected chi connectivity index (χ3v) is 5.49. The van der Waals surface area contributed by atoms with Gasteiger partial charge >= 0.3 is 0 Å². The van der Waals surface area contributed by atoms with Gasteiger partial charge in [0.15, 0.2) is 5.13 Å². The zero-order valence-electron chi connectivity index (χ0n) is 11.4. The zero-order valence-corrected chi connectivity index (χ0v) is 13.0. The van der Waals surface area contributed by atoms with E-state index >= 15 is 0 Å². The molecule has 1 aromatic heterocycles. The van der Waals surface area contributed by atoms with Crippen LogP contribution >= 0.6 is 11.3 Å². The van der Waals surface area contributed by atoms with E-state index in [0.29, 0.717) is 11.6 Å². The monoisotopic (exact) mass is 298 g/mol. The van der Waals surface area contributed by atoms with E-state index in [-0.39, 0.29) is 5.75 Å². The predicted molar refractivity (Wildman–Crippen MR) is 81.4 cm³/mol. The molecule has 1 aromatic carbocycles. The quantitative estimate of drug-likeness (QED) is 0.919. The van der Waals surface area contributed by atoms with Crippen molar-refractivity contribution < 1.29 is 8.42 Å². The summed E-state index contributed by atoms with van der Waals surface area (Å²) in [6.07, 6.45) is 1.53. The van der Waals surface area contributed by atoms with Gasteiger partial charge in [0.1, 0.15) is 0 Å². The summed E-state index contributed by atoms with van der Waals surface area (Å²) in [6, 6.07) is 4.02. The van der Waals surface area contributed by atoms with Gasteiger partial charge in [0.25, 0.3) is 0 Å². The number of benzene rings is 1. The lowest BCUT2D eigenvalue weighted by Gasteiger charge is -2.03. The van der Waals surface area contributed by atoms with Gasteiger partial charge in [-0.2, -0.15) is 0 Å². The molecule has 0 radical (unpaired) electrons. The van der Waals surface area contributed by atoms with Crippen molar-refractivity contribution in [2.24, 2.45) is 0 Å². The lowest BCUT2D eigenvalue weighted by Crippen LogP contribution is -2.16. The highest BCUT2D eigenvalue weighted by atomic mass is 32.2. The number of rotatable bonds is 5. The number of nitrogens with zero attached hydrogens (tertiary/aromatic N) is 1. The molecule has 0 aliphatic heterocycles. The number of hydrogen-bond acceptors (Lipinski definition) is 4. The van der Waals surface area contributed by atoms with Crippen LogP contribution in [0.3, 0.4) is 0 Å². The lowest BCUT2D eigenvalue weighted by molar-refractivity contribution is 0.598. The van der Waals surface area contributed by atoms with Crippen LogP contribution in [0.4, 0.5) is 5.13 Å². The van der Waals surface area contributed by atoms with Gasteiger partial charge in [0.2, 0.25) is 10.0 Å². The summed E-state index contributed by atoms with van der Waals surface area (Å²) < 4.78 is 27.3. The van der Waals surface area contributed by atoms with E-state index < -0.39 is 10.0 Å². The number of aromatic nitrogens is 1. The molecule has 4 nitrogen and oxygen atoms in total. The predicted octanol–water partition coefficient (Wildman–Crippen LogP) is 3.45. The van der Waals surface area contributed by atoms with Crippen molar-refractivity contribution in [1.29, 1.82) is 0 Å². The molecule has 19 heavy (non-hydrogen) atoms. The molecule has 0 spiro atoms. The Hall–Kier alpha value is -1.14. The van der Waals surface area contributed by atoms with E-state index in [9.17, 15) is 8.42 Å². The molecule has 0 saturated carbocycles. The molecule has 2 rings (SSSR count). The summed E-state index contributed by atoms with van der Waals surface area (Å²) >= 11 is 1.38. The summed E-state index contributed by atoms with van der Waals surface area (Å²) in [7, 11) is -3.27. The van der Waals surface area contributed by atoms with Crippen molar-refractivity contribution in [2.75, 3.05) is 10.5 Å². The number of anilines is 1. The maximum Gasteiger partial charge on any atom is 0.234 e. The minimum atomic E-state index is -3.27. The third-order valence-electron chi connectivity index (χ3n) is 3.09. The molecule has 0 atom stereocenters. The van der Waals surface area contributed by atoms with E-state index in [0.717, 1.165) is 27.8 Å². The molecule has 0 fully saturated rings. The number of hydrogen-bond donors (Lipinski definition) is 1. The molecule has 1 heterocycles. The van der Waals surface area contributed by atoms with Crippen LogP contribution in [0.15, 0.2) is 12.1 Å². The van der Waals surface area contributed by atoms with Crippen LogP contribution < -0.4 is 4.72 Å². The maximum absolute atomic E-state index is 11.8. The Morgan fingerprint density at radius 3 is 2.74 bits per heavy atom. The number of sulfonamides is 1. The van der Waals surface area contributed by atoms with Crippen molar-refractivity contribution in [1.82, 2.24) is 4.98 Å². The number of fused-ring (bicyclic) bond motifs is 1. The van der Waals surface area contributed by atoms with Crippen LogP contribution in [0.5, 0.6) is 0 Å². The average Bonchev–Trinajstić information content (AvgIpc) is 2.74. The normalized spacial score (nSPS) is 11.9. The van der Waals surface area contributed by atoms with Crippen molar-refractivity contribution in [3.63, 3.8) is 0 Å². The Morgan fingerprint density at radius 2 is 2.05 bits per heavy atom. The molecule has 104 valence electrons. The van der Waals surface area contributed by atoms with Crippen molar-refractivity contribution in [3.05, 3.63) is 23.3 Å². The van der Waals surface area contributed by atoms with E-state index in [1.807, 2.05) is 32.9 Å². The highest BCUT2D eigenvalue weighted by Gasteiger charge is 2.14. The molecular formula is C13H18N2O2S2. The third kappa shape index (κ3) is 3.25. The van der Waals surface area contributed by atoms with Crippen molar-refractivity contribution in [3.8, 4) is 0 Å². The van der Waals surface area contributed by atoms with E-state index in [2.05, 4.69) is 9.71 Å². The zero-order chi connectivity index (χ0) is 14.0. The first-order valence-electron chi connectivity index (χ1n) is 6.30. The minimum absolute atomic E-state index is 0.150. The molecule has 0 aliphatic carbocycles. The van der Waals surface area contributed by atoms with Gasteiger partial charge in [-0.1, -0.05) is 30.7 Å². The maximum atomic E-state index is 11.8. The second-order valence-electron chi connectivity index (χ2n) is 4.65. The molecule has 6 heteroatoms. The smallest absolute Gasteiger partial charge is 0.234 e. The second-order valence-corrected chi connectivity index (χ2v) is 7.52. The van der Waals surface area contributed by atoms with Crippen molar-refractivity contribution in [2.45, 2.75) is 33.6 Å². The number of nitrogens with one attached hydrogen (secondary N) is 1. The van der Waals surface area contributed by atoms with Crippen LogP contribution in [0.25, 0.3) is 10.2 Å². The van der Waals surface area contributed by atoms with Gasteiger partial charge in [-0.3, -0.25) is 4.72 Å². The van der Waals surface area contributed by atoms with Crippen LogP contribution in [0, 0.1) is 13.8 Å². The molecule has 0 saturated heterocycles. The van der Waals surface area contributed by atoms with Gasteiger partial charge in [0, 0.05) is 0 Å². The molecule has 0 unspecified atom stereocenters. The van der Waals surface area contributed by atoms with Gasteiger partial charge in [0.05, 0.1) is 16.0 Å². The van der Waals surface area contributed by atoms with Gasteiger partial charge in [-0.05, 0) is 37.5 Å². The largest absolute Gasteiger partial charge is 0.259 e. The van der Waals surface area contributed by atoms with E-state index in [4.69, 9.17) is 0 Å². The fraction of sp³-hybridized carbons (Fsp3) is 0.462. The fourth-order valence-corrected chi connectivity index (χ4v) is 4.19. The van der Waals surface area contributed by atoms with Crippen LogP contribution in [-0.2, 0) is 10.0 Å². The molecule has 1 N–H and O–H groups in total. The molecule has 0 aliphatic rings. The Bertz CT molecular complexity index is 690. The number of unbranched alkanes of at least 4 members (excludes halogenated alkanes) is 1. The number of aryl methyl sites for hydroxylation is 2. The van der Waals surface area contributed by atoms with Gasteiger partial charge in [-0.15, -0.1) is 0 Å². The molecule has 0 bridgehead atoms. The topological polar surface area (TPSA) is 59.1 Å². The second kappa shape index (κ2) is 5.46. The minimum Gasteiger partial charge on any atom is -0.259 e. The van der Waals surface area contributed by atoms with E-state index in [1.54, 1.807) is 0 Å². The Balaban J connectivity index is 2.30. The Labute approximate surface area is 117 Å². The molecular weight excluding hydrogens is 280 g/mol. The van der Waals surface area contributed by atoms with Crippen LogP contribution in [-0.4, -0.2) is 19.2 Å². The number of thiazole rings is 1. The SMILES string of the molecule is CCCCS(=O)(=O)Nc1nc2c(C)c(C)ccc2s1. The van der Waals surface area contributed by atoms with Crippen LogP contribution in [0.2, 0.25) is 0 Å². The fourth-order valence-electron chi connectivity index (χ4n) is 1.79. The summed E-state index contributed by atoms with van der Waals surface area (Å²) in [4.78, 5) is 4.39. The van der Waals surface area contributed by atoms with Crippen molar-refractivity contribution >= 4 is 36.7 Å². The molecule has 2 aromatic rings. The summed E-state index contributed by atoms with van der Waals surface area (Å²) in [5.74, 6) is 0.150. The first kappa shape index (κ1) is 14.3. The van der Waals surface area contributed by atoms with Gasteiger partial charge < -0.3 is 0 Å². The highest BCUT2D eigenvalue weighted by molar-refractivity contribution is 7.92. The summed E-state index contributed by atoms with van der Waals surface area (Å²) in [5, 5.41) is 0.458. The first-order chi connectivity index (χ1) is 8.93. The van der Waals surface area contributed by atoms with E-state index in [1.165, 1.54) is 11.3 Å². The highest BCUT2D eigenvalue weighted by Crippen LogP contribution is 2.30. The molecule has 0 amide bonds. The van der Waals surface area contributed by atoms with Gasteiger partial charge in [-0.25, -0.2) is 13.4 Å². The summed E-state index contributed by atoms with van der Waals surface area (Å²) in [6.45, 7) is 6.01. The Kier molecular flexibility index (Phi) is 4.10. The standard InChI is InChI=1S/C13H18N2O2S2/c1-4-5-8-19(16,17)15-13-14-12-10(3)9(2)6-7-11(12)18-13/h6-7H,4-5,8H2,1-3H3,(H,14,15). The lowest BCUT2D eigenvalue weighted by atomic mass is 10.1. The average molecular weight is 298 g/mol. The summed E-state index contributed by atoms with van der Waals surface area (Å²) in [5.41, 5.74) is 3.16. The van der Waals surface area contributed by atoms with Crippen LogP contribution in [0.1, 0.15) is 30.9 Å². The first-order valence-corrected chi connectivity index (χ1v) is 8.77.